The van der Waals surface area contributed by atoms with E-state index in [4.69, 9.17) is 11.6 Å². The van der Waals surface area contributed by atoms with Gasteiger partial charge in [-0.3, -0.25) is 0 Å². The van der Waals surface area contributed by atoms with Crippen LogP contribution in [0.15, 0.2) is 12.4 Å². The molecule has 136 valence electrons. The molecule has 0 fully saturated rings. The van der Waals surface area contributed by atoms with E-state index in [9.17, 15) is 0 Å². The van der Waals surface area contributed by atoms with E-state index in [1.165, 1.54) is 89.9 Å². The number of halogens is 1. The molecule has 0 aromatic heterocycles. The molecule has 1 unspecified atom stereocenters. The maximum absolute atomic E-state index is 6.28. The molecule has 0 amide bonds. The summed E-state index contributed by atoms with van der Waals surface area (Å²) in [7, 11) is 2.03. The van der Waals surface area contributed by atoms with Crippen LogP contribution in [0.1, 0.15) is 96.8 Å². The first-order valence-corrected chi connectivity index (χ1v) is 10.5. The molecule has 0 N–H and O–H groups in total. The van der Waals surface area contributed by atoms with Gasteiger partial charge in [-0.05, 0) is 6.42 Å². The predicted octanol–water partition coefficient (Wildman–Crippen LogP) is 6.71. The van der Waals surface area contributed by atoms with Crippen molar-refractivity contribution in [2.75, 3.05) is 13.6 Å². The highest BCUT2D eigenvalue weighted by atomic mass is 35.5. The second kappa shape index (κ2) is 14.0. The van der Waals surface area contributed by atoms with Gasteiger partial charge in [0, 0.05) is 26.0 Å². The number of unbranched alkanes of at least 4 members (excludes halogenated alkanes) is 13. The third-order valence-corrected chi connectivity index (χ3v) is 5.43. The Kier molecular flexibility index (Phi) is 12.6. The fourth-order valence-electron chi connectivity index (χ4n) is 3.24. The summed E-state index contributed by atoms with van der Waals surface area (Å²) in [6, 6.07) is 0. The summed E-state index contributed by atoms with van der Waals surface area (Å²) in [4.78, 5) is 4.27. The van der Waals surface area contributed by atoms with Crippen LogP contribution < -0.4 is 0 Å². The predicted molar refractivity (Wildman–Crippen MR) is 104 cm³/mol. The lowest BCUT2D eigenvalue weighted by Gasteiger charge is -2.24. The normalized spacial score (nSPS) is 17.4. The van der Waals surface area contributed by atoms with Gasteiger partial charge in [0.05, 0.1) is 0 Å². The first kappa shape index (κ1) is 20.7. The molecule has 0 radical (unpaired) electrons. The highest BCUT2D eigenvalue weighted by Crippen LogP contribution is 2.18. The number of hydrogen-bond donors (Lipinski definition) is 0. The number of hydrogen-bond acceptors (Lipinski definition) is 2. The first-order valence-electron chi connectivity index (χ1n) is 10.1. The van der Waals surface area contributed by atoms with E-state index in [1.54, 1.807) is 0 Å². The second-order valence-electron chi connectivity index (χ2n) is 7.11. The zero-order valence-electron chi connectivity index (χ0n) is 15.6. The van der Waals surface area contributed by atoms with Crippen molar-refractivity contribution in [2.24, 2.45) is 0 Å². The summed E-state index contributed by atoms with van der Waals surface area (Å²) in [5.41, 5.74) is 0.0250. The largest absolute Gasteiger partial charge is 0.347 e. The van der Waals surface area contributed by atoms with E-state index in [-0.39, 0.29) is 5.62 Å². The molecule has 0 saturated heterocycles. The Bertz CT molecular complexity index is 293. The van der Waals surface area contributed by atoms with Gasteiger partial charge in [-0.2, -0.15) is 0 Å². The van der Waals surface area contributed by atoms with Crippen LogP contribution in [0, 0.1) is 0 Å². The molecule has 1 aliphatic heterocycles. The lowest BCUT2D eigenvalue weighted by atomic mass is 10.0. The minimum absolute atomic E-state index is 0.0250. The van der Waals surface area contributed by atoms with E-state index in [2.05, 4.69) is 24.2 Å². The lowest BCUT2D eigenvalue weighted by Crippen LogP contribution is -2.31. The Morgan fingerprint density at radius 2 is 1.13 bits per heavy atom. The average Bonchev–Trinajstić information content (AvgIpc) is 2.87. The average molecular weight is 343 g/mol. The van der Waals surface area contributed by atoms with E-state index in [0.717, 1.165) is 6.54 Å². The van der Waals surface area contributed by atoms with Gasteiger partial charge in [0.2, 0.25) is 0 Å². The molecule has 1 atom stereocenters. The maximum atomic E-state index is 6.28. The highest BCUT2D eigenvalue weighted by Gasteiger charge is 2.19. The third-order valence-electron chi connectivity index (χ3n) is 4.87. The van der Waals surface area contributed by atoms with E-state index in [0.29, 0.717) is 0 Å². The van der Waals surface area contributed by atoms with Crippen LogP contribution in [-0.4, -0.2) is 29.0 Å². The highest BCUT2D eigenvalue weighted by molar-refractivity contribution is 6.20. The summed E-state index contributed by atoms with van der Waals surface area (Å²) < 4.78 is 0. The second-order valence-corrected chi connectivity index (χ2v) is 7.50. The van der Waals surface area contributed by atoms with Gasteiger partial charge in [0.1, 0.15) is 0 Å². The van der Waals surface area contributed by atoms with Gasteiger partial charge in [-0.15, -0.1) is 0 Å². The summed E-state index contributed by atoms with van der Waals surface area (Å²) >= 11 is 6.28. The van der Waals surface area contributed by atoms with Crippen molar-refractivity contribution in [3.05, 3.63) is 12.4 Å². The van der Waals surface area contributed by atoms with Gasteiger partial charge >= 0.3 is 0 Å². The molecule has 0 aromatic carbocycles. The lowest BCUT2D eigenvalue weighted by molar-refractivity contribution is 0.251. The molecule has 0 aliphatic carbocycles. The maximum Gasteiger partial charge on any atom is 0.179 e. The van der Waals surface area contributed by atoms with Crippen LogP contribution in [0.25, 0.3) is 0 Å². The van der Waals surface area contributed by atoms with Gasteiger partial charge < -0.3 is 9.80 Å². The molecule has 23 heavy (non-hydrogen) atoms. The topological polar surface area (TPSA) is 6.48 Å². The van der Waals surface area contributed by atoms with Crippen molar-refractivity contribution >= 4 is 11.6 Å². The van der Waals surface area contributed by atoms with E-state index >= 15 is 0 Å². The molecule has 1 aliphatic rings. The van der Waals surface area contributed by atoms with Crippen LogP contribution >= 0.6 is 11.6 Å². The van der Waals surface area contributed by atoms with Crippen molar-refractivity contribution in [1.82, 2.24) is 9.80 Å². The fourth-order valence-corrected chi connectivity index (χ4v) is 3.46. The summed E-state index contributed by atoms with van der Waals surface area (Å²) in [6.07, 6.45) is 24.0. The molecule has 1 rings (SSSR count). The van der Waals surface area contributed by atoms with Crippen molar-refractivity contribution in [1.29, 1.82) is 0 Å². The summed E-state index contributed by atoms with van der Waals surface area (Å²) in [5, 5.41) is 0. The van der Waals surface area contributed by atoms with Crippen molar-refractivity contribution in [3.63, 3.8) is 0 Å². The van der Waals surface area contributed by atoms with Crippen LogP contribution in [0.3, 0.4) is 0 Å². The zero-order chi connectivity index (χ0) is 16.8. The molecule has 3 heteroatoms. The van der Waals surface area contributed by atoms with Crippen molar-refractivity contribution in [3.8, 4) is 0 Å². The molecule has 0 bridgehead atoms. The molecular formula is C20H39ClN2. The Balaban J connectivity index is 1.74. The molecular weight excluding hydrogens is 304 g/mol. The van der Waals surface area contributed by atoms with Crippen LogP contribution in [0.2, 0.25) is 0 Å². The summed E-state index contributed by atoms with van der Waals surface area (Å²) in [5.74, 6) is 0. The fraction of sp³-hybridized carbons (Fsp3) is 0.900. The molecule has 0 aromatic rings. The number of nitrogens with zero attached hydrogens (tertiary/aromatic N) is 2. The van der Waals surface area contributed by atoms with Crippen LogP contribution in [-0.2, 0) is 0 Å². The van der Waals surface area contributed by atoms with Gasteiger partial charge in [0.15, 0.2) is 5.62 Å². The van der Waals surface area contributed by atoms with Gasteiger partial charge in [0.25, 0.3) is 0 Å². The minimum Gasteiger partial charge on any atom is -0.347 e. The molecule has 2 nitrogen and oxygen atoms in total. The van der Waals surface area contributed by atoms with E-state index < -0.39 is 0 Å². The number of alkyl halides is 1. The standard InChI is InChI=1S/C20H39ClN2/c1-3-4-5-6-7-8-9-10-11-12-13-14-15-16-17-23-19-18-22(2)20(23)21/h18-20H,3-17H2,1-2H3. The van der Waals surface area contributed by atoms with Crippen LogP contribution in [0.5, 0.6) is 0 Å². The molecule has 1 heterocycles. The Morgan fingerprint density at radius 3 is 1.52 bits per heavy atom. The number of rotatable bonds is 15. The van der Waals surface area contributed by atoms with E-state index in [1.807, 2.05) is 11.9 Å². The molecule has 0 spiro atoms. The zero-order valence-corrected chi connectivity index (χ0v) is 16.4. The first-order chi connectivity index (χ1) is 11.3. The molecule has 0 saturated carbocycles. The smallest absolute Gasteiger partial charge is 0.179 e. The van der Waals surface area contributed by atoms with Gasteiger partial charge in [-0.25, -0.2) is 0 Å². The van der Waals surface area contributed by atoms with Crippen LogP contribution in [0.4, 0.5) is 0 Å². The van der Waals surface area contributed by atoms with Gasteiger partial charge in [-0.1, -0.05) is 102 Å². The SMILES string of the molecule is CCCCCCCCCCCCCCCCN1C=CN(C)C1Cl. The summed E-state index contributed by atoms with van der Waals surface area (Å²) in [6.45, 7) is 3.38. The Morgan fingerprint density at radius 1 is 0.696 bits per heavy atom. The Hall–Kier alpha value is -0.370. The minimum atomic E-state index is 0.0250. The third kappa shape index (κ3) is 10.2. The van der Waals surface area contributed by atoms with Crippen molar-refractivity contribution in [2.45, 2.75) is 102 Å². The quantitative estimate of drug-likeness (QED) is 0.185. The van der Waals surface area contributed by atoms with Crippen molar-refractivity contribution < 1.29 is 0 Å². The monoisotopic (exact) mass is 342 g/mol. The Labute approximate surface area is 150 Å².